The number of hydrogen-bond acceptors (Lipinski definition) is 1. The normalized spacial score (nSPS) is 8.85. The molecule has 0 unspecified atom stereocenters. The van der Waals surface area contributed by atoms with E-state index >= 15 is 0 Å². The van der Waals surface area contributed by atoms with Gasteiger partial charge in [0.05, 0.1) is 11.6 Å². The van der Waals surface area contributed by atoms with Gasteiger partial charge in [-0.15, -0.1) is 0 Å². The number of hydrogen-bond donors (Lipinski definition) is 0. The van der Waals surface area contributed by atoms with Gasteiger partial charge in [0, 0.05) is 0 Å². The first-order valence-corrected chi connectivity index (χ1v) is 3.79. The first kappa shape index (κ1) is 9.87. The van der Waals surface area contributed by atoms with E-state index in [-0.39, 0.29) is 20.3 Å². The molecule has 0 radical (unpaired) electrons. The van der Waals surface area contributed by atoms with Crippen LogP contribution < -0.4 is 18.9 Å². The summed E-state index contributed by atoms with van der Waals surface area (Å²) in [7, 11) is 0. The standard InChI is InChI=1S/C11H7N.Li.H/c12-8-10-6-3-5-9-4-1-2-7-11(9)10;;/h1-7H;;/q;+1;-1. The Morgan fingerprint density at radius 1 is 1.00 bits per heavy atom. The fourth-order valence-electron chi connectivity index (χ4n) is 1.32. The van der Waals surface area contributed by atoms with Crippen LogP contribution in [0.4, 0.5) is 0 Å². The first-order valence-electron chi connectivity index (χ1n) is 3.79. The topological polar surface area (TPSA) is 23.8 Å². The number of rotatable bonds is 0. The zero-order valence-electron chi connectivity index (χ0n) is 8.49. The largest absolute Gasteiger partial charge is 1.00 e. The van der Waals surface area contributed by atoms with E-state index in [1.807, 2.05) is 42.5 Å². The summed E-state index contributed by atoms with van der Waals surface area (Å²) in [6.07, 6.45) is 0. The average Bonchev–Trinajstić information content (AvgIpc) is 2.17. The maximum absolute atomic E-state index is 8.79. The molecule has 0 aromatic heterocycles. The molecule has 2 aromatic rings. The molecule has 2 heteroatoms. The molecule has 2 rings (SSSR count). The van der Waals surface area contributed by atoms with Crippen LogP contribution >= 0.6 is 0 Å². The second kappa shape index (κ2) is 4.15. The predicted octanol–water partition coefficient (Wildman–Crippen LogP) is -0.172. The van der Waals surface area contributed by atoms with Crippen LogP contribution in [-0.4, -0.2) is 0 Å². The molecule has 0 spiro atoms. The van der Waals surface area contributed by atoms with Crippen molar-refractivity contribution in [1.82, 2.24) is 0 Å². The van der Waals surface area contributed by atoms with Gasteiger partial charge in [0.1, 0.15) is 0 Å². The quantitative estimate of drug-likeness (QED) is 0.492. The van der Waals surface area contributed by atoms with Crippen LogP contribution in [0.2, 0.25) is 0 Å². The molecule has 1 nitrogen and oxygen atoms in total. The van der Waals surface area contributed by atoms with Crippen molar-refractivity contribution in [2.45, 2.75) is 0 Å². The molecule has 0 atom stereocenters. The molecule has 0 saturated carbocycles. The molecule has 0 N–H and O–H groups in total. The Balaban J connectivity index is 0.000000845. The second-order valence-electron chi connectivity index (χ2n) is 2.64. The van der Waals surface area contributed by atoms with E-state index in [1.54, 1.807) is 0 Å². The van der Waals surface area contributed by atoms with Crippen LogP contribution in [0.3, 0.4) is 0 Å². The summed E-state index contributed by atoms with van der Waals surface area (Å²) in [5.74, 6) is 0. The summed E-state index contributed by atoms with van der Waals surface area (Å²) in [6.45, 7) is 0. The third kappa shape index (κ3) is 1.75. The summed E-state index contributed by atoms with van der Waals surface area (Å²) in [6, 6.07) is 15.8. The van der Waals surface area contributed by atoms with Crippen molar-refractivity contribution in [2.24, 2.45) is 0 Å². The molecule has 0 aliphatic heterocycles. The summed E-state index contributed by atoms with van der Waals surface area (Å²) >= 11 is 0. The number of nitriles is 1. The van der Waals surface area contributed by atoms with E-state index in [0.717, 1.165) is 16.3 Å². The Hall–Kier alpha value is -1.21. The Labute approximate surface area is 90.7 Å². The van der Waals surface area contributed by atoms with Crippen molar-refractivity contribution in [1.29, 1.82) is 5.26 Å². The van der Waals surface area contributed by atoms with Gasteiger partial charge in [-0.3, -0.25) is 0 Å². The molecule has 0 aliphatic rings. The van der Waals surface area contributed by atoms with Gasteiger partial charge in [-0.25, -0.2) is 0 Å². The van der Waals surface area contributed by atoms with Crippen LogP contribution in [0.1, 0.15) is 6.99 Å². The minimum absolute atomic E-state index is 0. The molecule has 13 heavy (non-hydrogen) atoms. The molecule has 0 bridgehead atoms. The summed E-state index contributed by atoms with van der Waals surface area (Å²) in [4.78, 5) is 0. The molecule has 0 amide bonds. The van der Waals surface area contributed by atoms with Crippen molar-refractivity contribution in [3.8, 4) is 6.07 Å². The van der Waals surface area contributed by atoms with E-state index in [1.165, 1.54) is 0 Å². The molecule has 58 valence electrons. The monoisotopic (exact) mass is 161 g/mol. The number of nitrogens with zero attached hydrogens (tertiary/aromatic N) is 1. The van der Waals surface area contributed by atoms with Gasteiger partial charge in [-0.2, -0.15) is 5.26 Å². The SMILES string of the molecule is N#Cc1cccc2ccccc12.[H-].[Li+]. The zero-order chi connectivity index (χ0) is 8.39. The van der Waals surface area contributed by atoms with Crippen LogP contribution in [0.5, 0.6) is 0 Å². The Morgan fingerprint density at radius 3 is 2.46 bits per heavy atom. The number of fused-ring (bicyclic) bond motifs is 1. The fraction of sp³-hybridized carbons (Fsp3) is 0. The smallest absolute Gasteiger partial charge is 1.00 e. The molecule has 0 heterocycles. The van der Waals surface area contributed by atoms with Gasteiger partial charge >= 0.3 is 18.9 Å². The van der Waals surface area contributed by atoms with Crippen molar-refractivity contribution < 1.29 is 20.3 Å². The Kier molecular flexibility index (Phi) is 3.15. The predicted molar refractivity (Wildman–Crippen MR) is 49.8 cm³/mol. The Morgan fingerprint density at radius 2 is 1.69 bits per heavy atom. The van der Waals surface area contributed by atoms with E-state index in [2.05, 4.69) is 6.07 Å². The summed E-state index contributed by atoms with van der Waals surface area (Å²) < 4.78 is 0. The number of benzene rings is 2. The summed E-state index contributed by atoms with van der Waals surface area (Å²) in [5, 5.41) is 10.9. The maximum atomic E-state index is 8.79. The average molecular weight is 161 g/mol. The molecular weight excluding hydrogens is 153 g/mol. The molecule has 0 fully saturated rings. The van der Waals surface area contributed by atoms with Crippen LogP contribution in [0.15, 0.2) is 42.5 Å². The molecule has 0 aliphatic carbocycles. The van der Waals surface area contributed by atoms with Gasteiger partial charge in [0.2, 0.25) is 0 Å². The van der Waals surface area contributed by atoms with Crippen LogP contribution in [0.25, 0.3) is 10.8 Å². The fourth-order valence-corrected chi connectivity index (χ4v) is 1.32. The summed E-state index contributed by atoms with van der Waals surface area (Å²) in [5.41, 5.74) is 0.744. The van der Waals surface area contributed by atoms with Gasteiger partial charge in [-0.1, -0.05) is 36.4 Å². The van der Waals surface area contributed by atoms with Gasteiger partial charge < -0.3 is 1.43 Å². The zero-order valence-corrected chi connectivity index (χ0v) is 7.49. The van der Waals surface area contributed by atoms with Crippen LogP contribution in [-0.2, 0) is 0 Å². The van der Waals surface area contributed by atoms with E-state index in [9.17, 15) is 0 Å². The molecule has 0 saturated heterocycles. The Bertz CT molecular complexity index is 457. The minimum Gasteiger partial charge on any atom is -1.00 e. The van der Waals surface area contributed by atoms with Crippen LogP contribution in [0, 0.1) is 11.3 Å². The third-order valence-electron chi connectivity index (χ3n) is 1.91. The van der Waals surface area contributed by atoms with E-state index < -0.39 is 0 Å². The van der Waals surface area contributed by atoms with Crippen molar-refractivity contribution in [3.05, 3.63) is 48.0 Å². The van der Waals surface area contributed by atoms with Gasteiger partial charge in [0.15, 0.2) is 0 Å². The van der Waals surface area contributed by atoms with E-state index in [0.29, 0.717) is 0 Å². The second-order valence-corrected chi connectivity index (χ2v) is 2.64. The maximum Gasteiger partial charge on any atom is 1.00 e. The third-order valence-corrected chi connectivity index (χ3v) is 1.91. The van der Waals surface area contributed by atoms with Crippen molar-refractivity contribution in [2.75, 3.05) is 0 Å². The van der Waals surface area contributed by atoms with Crippen molar-refractivity contribution >= 4 is 10.8 Å². The van der Waals surface area contributed by atoms with Gasteiger partial charge in [0.25, 0.3) is 0 Å². The first-order chi connectivity index (χ1) is 5.92. The molecule has 2 aromatic carbocycles. The van der Waals surface area contributed by atoms with E-state index in [4.69, 9.17) is 5.26 Å². The molecular formula is C11H8LiN. The van der Waals surface area contributed by atoms with Gasteiger partial charge in [-0.05, 0) is 16.8 Å². The van der Waals surface area contributed by atoms with Crippen molar-refractivity contribution in [3.63, 3.8) is 0 Å². The minimum atomic E-state index is 0.